The molecule has 4 atom stereocenters. The van der Waals surface area contributed by atoms with Gasteiger partial charge in [-0.2, -0.15) is 0 Å². The van der Waals surface area contributed by atoms with Gasteiger partial charge in [0.2, 0.25) is 0 Å². The van der Waals surface area contributed by atoms with Crippen molar-refractivity contribution < 1.29 is 19.4 Å². The Morgan fingerprint density at radius 3 is 2.39 bits per heavy atom. The summed E-state index contributed by atoms with van der Waals surface area (Å²) in [5.74, 6) is -0.564. The number of carbonyl (C=O) groups excluding carboxylic acids is 2. The van der Waals surface area contributed by atoms with Crippen molar-refractivity contribution in [1.82, 2.24) is 13.9 Å². The highest BCUT2D eigenvalue weighted by atomic mass is 16.5. The van der Waals surface area contributed by atoms with Gasteiger partial charge in [0.15, 0.2) is 23.1 Å². The lowest BCUT2D eigenvalue weighted by Crippen LogP contribution is -2.61. The summed E-state index contributed by atoms with van der Waals surface area (Å²) in [7, 11) is 1.44. The highest BCUT2D eigenvalue weighted by Crippen LogP contribution is 2.66. The number of allylic oxidation sites excluding steroid dienone is 4. The third kappa shape index (κ3) is 2.77. The smallest absolute Gasteiger partial charge is 0.347 e. The summed E-state index contributed by atoms with van der Waals surface area (Å²) < 4.78 is 9.55. The average molecular weight is 494 g/mol. The quantitative estimate of drug-likeness (QED) is 0.658. The molecular weight excluding hydrogens is 462 g/mol. The second kappa shape index (κ2) is 7.69. The van der Waals surface area contributed by atoms with Crippen molar-refractivity contribution in [1.29, 1.82) is 0 Å². The minimum atomic E-state index is -1.16. The molecule has 1 saturated carbocycles. The zero-order chi connectivity index (χ0) is 26.3. The number of ketones is 2. The van der Waals surface area contributed by atoms with Crippen molar-refractivity contribution in [3.8, 4) is 11.5 Å². The Bertz CT molecular complexity index is 1520. The number of benzene rings is 1. The number of fused-ring (bicyclic) bond motifs is 4. The van der Waals surface area contributed by atoms with Crippen LogP contribution in [0.25, 0.3) is 0 Å². The summed E-state index contributed by atoms with van der Waals surface area (Å²) in [6, 6.07) is 4.40. The lowest BCUT2D eigenvalue weighted by atomic mass is 9.43. The number of aromatic hydroxyl groups is 1. The first kappa shape index (κ1) is 24.1. The molecule has 36 heavy (non-hydrogen) atoms. The van der Waals surface area contributed by atoms with Gasteiger partial charge in [0.1, 0.15) is 0 Å². The maximum absolute atomic E-state index is 14.1. The van der Waals surface area contributed by atoms with E-state index in [1.165, 1.54) is 22.5 Å². The molecule has 0 bridgehead atoms. The Morgan fingerprint density at radius 2 is 1.72 bits per heavy atom. The van der Waals surface area contributed by atoms with Crippen molar-refractivity contribution >= 4 is 11.6 Å². The van der Waals surface area contributed by atoms with Crippen LogP contribution in [-0.4, -0.2) is 37.2 Å². The molecule has 0 spiro atoms. The Kier molecular flexibility index (Phi) is 5.14. The Balaban J connectivity index is 1.84. The summed E-state index contributed by atoms with van der Waals surface area (Å²) >= 11 is 0. The van der Waals surface area contributed by atoms with Crippen LogP contribution in [0, 0.1) is 10.8 Å². The second-order valence-corrected chi connectivity index (χ2v) is 10.5. The van der Waals surface area contributed by atoms with Gasteiger partial charge >= 0.3 is 11.4 Å². The molecule has 4 unspecified atom stereocenters. The normalized spacial score (nSPS) is 29.4. The number of Topliss-reactive ketones (excluding diaryl/α,β-unsaturated/α-hetero) is 2. The van der Waals surface area contributed by atoms with Gasteiger partial charge in [0.05, 0.1) is 24.6 Å². The van der Waals surface area contributed by atoms with Crippen molar-refractivity contribution in [2.45, 2.75) is 59.5 Å². The molecule has 1 aromatic heterocycles. The van der Waals surface area contributed by atoms with E-state index in [0.29, 0.717) is 23.3 Å². The Labute approximate surface area is 208 Å². The number of hydrogen-bond donors (Lipinski definition) is 1. The second-order valence-electron chi connectivity index (χ2n) is 10.5. The summed E-state index contributed by atoms with van der Waals surface area (Å²) in [4.78, 5) is 54.0. The molecule has 1 aliphatic heterocycles. The van der Waals surface area contributed by atoms with Crippen molar-refractivity contribution in [2.24, 2.45) is 17.9 Å². The standard InChI is InChI=1S/C27H31N3O6/c1-7-36-20-12-16(8-9-19(20)31)21-17-10-11-29-24(34)28(6)25(35)30(29)18(17)13-26(4)22(32)14(2)15(3)23(33)27(21,26)5/h8-10,12,18,21,31H,7,11,13H2,1-6H3. The van der Waals surface area contributed by atoms with Crippen LogP contribution in [0.4, 0.5) is 0 Å². The molecule has 2 heterocycles. The van der Waals surface area contributed by atoms with Crippen LogP contribution >= 0.6 is 0 Å². The van der Waals surface area contributed by atoms with Crippen LogP contribution in [0.15, 0.2) is 50.6 Å². The minimum Gasteiger partial charge on any atom is -0.504 e. The fourth-order valence-electron chi connectivity index (χ4n) is 6.67. The van der Waals surface area contributed by atoms with Crippen LogP contribution in [-0.2, 0) is 23.2 Å². The monoisotopic (exact) mass is 493 g/mol. The van der Waals surface area contributed by atoms with E-state index in [1.807, 2.05) is 26.8 Å². The number of rotatable bonds is 3. The van der Waals surface area contributed by atoms with Gasteiger partial charge in [-0.05, 0) is 61.6 Å². The fraction of sp³-hybridized carbons (Fsp3) is 0.481. The van der Waals surface area contributed by atoms with E-state index >= 15 is 0 Å². The van der Waals surface area contributed by atoms with E-state index in [4.69, 9.17) is 4.74 Å². The summed E-state index contributed by atoms with van der Waals surface area (Å²) in [5.41, 5.74) is -0.794. The van der Waals surface area contributed by atoms with Gasteiger partial charge in [0, 0.05) is 18.4 Å². The van der Waals surface area contributed by atoms with Crippen molar-refractivity contribution in [2.75, 3.05) is 6.61 Å². The van der Waals surface area contributed by atoms with Crippen LogP contribution in [0.1, 0.15) is 58.6 Å². The number of carbonyl (C=O) groups is 2. The first-order valence-corrected chi connectivity index (χ1v) is 12.2. The molecule has 0 saturated heterocycles. The van der Waals surface area contributed by atoms with Crippen LogP contribution in [0.3, 0.4) is 0 Å². The molecule has 190 valence electrons. The maximum Gasteiger partial charge on any atom is 0.347 e. The first-order chi connectivity index (χ1) is 16.9. The number of aromatic nitrogens is 3. The molecule has 1 N–H and O–H groups in total. The fourth-order valence-corrected chi connectivity index (χ4v) is 6.67. The number of phenolic OH excluding ortho intramolecular Hbond substituents is 1. The van der Waals surface area contributed by atoms with Gasteiger partial charge in [-0.15, -0.1) is 0 Å². The lowest BCUT2D eigenvalue weighted by Gasteiger charge is -2.58. The van der Waals surface area contributed by atoms with E-state index in [1.54, 1.807) is 26.0 Å². The van der Waals surface area contributed by atoms with E-state index in [0.717, 1.165) is 10.1 Å². The number of phenols is 1. The first-order valence-electron chi connectivity index (χ1n) is 12.2. The highest BCUT2D eigenvalue weighted by Gasteiger charge is 2.66. The minimum absolute atomic E-state index is 0.0235. The molecule has 1 fully saturated rings. The van der Waals surface area contributed by atoms with Gasteiger partial charge in [-0.1, -0.05) is 26.0 Å². The molecule has 0 amide bonds. The van der Waals surface area contributed by atoms with Gasteiger partial charge in [0.25, 0.3) is 0 Å². The maximum atomic E-state index is 14.1. The molecule has 5 rings (SSSR count). The Morgan fingerprint density at radius 1 is 1.06 bits per heavy atom. The van der Waals surface area contributed by atoms with Gasteiger partial charge < -0.3 is 9.84 Å². The summed E-state index contributed by atoms with van der Waals surface area (Å²) in [6.45, 7) is 9.35. The summed E-state index contributed by atoms with van der Waals surface area (Å²) in [5, 5.41) is 10.4. The number of hydrogen-bond acceptors (Lipinski definition) is 6. The number of nitrogens with zero attached hydrogens (tertiary/aromatic N) is 3. The van der Waals surface area contributed by atoms with E-state index < -0.39 is 34.2 Å². The number of ether oxygens (including phenoxy) is 1. The van der Waals surface area contributed by atoms with Gasteiger partial charge in [-0.25, -0.2) is 23.5 Å². The summed E-state index contributed by atoms with van der Waals surface area (Å²) in [6.07, 6.45) is 2.12. The molecular formula is C27H31N3O6. The topological polar surface area (TPSA) is 113 Å². The zero-order valence-electron chi connectivity index (χ0n) is 21.4. The molecule has 9 nitrogen and oxygen atoms in total. The highest BCUT2D eigenvalue weighted by molar-refractivity contribution is 6.17. The third-order valence-corrected chi connectivity index (χ3v) is 8.92. The van der Waals surface area contributed by atoms with Crippen molar-refractivity contribution in [3.63, 3.8) is 0 Å². The SMILES string of the molecule is CCOc1cc(C2C3=CCn4c(=O)n(C)c(=O)n4C3CC3(C)C(=O)C(C)=C(C)C(=O)C23C)ccc1O. The van der Waals surface area contributed by atoms with Crippen LogP contribution < -0.4 is 16.1 Å². The zero-order valence-corrected chi connectivity index (χ0v) is 21.4. The predicted octanol–water partition coefficient (Wildman–Crippen LogP) is 2.62. The molecule has 0 radical (unpaired) electrons. The molecule has 3 aliphatic rings. The third-order valence-electron chi connectivity index (χ3n) is 8.92. The molecule has 2 aromatic rings. The predicted molar refractivity (Wildman–Crippen MR) is 132 cm³/mol. The van der Waals surface area contributed by atoms with Crippen LogP contribution in [0.2, 0.25) is 0 Å². The Hall–Kier alpha value is -3.62. The lowest BCUT2D eigenvalue weighted by molar-refractivity contribution is -0.151. The van der Waals surface area contributed by atoms with Gasteiger partial charge in [-0.3, -0.25) is 9.59 Å². The van der Waals surface area contributed by atoms with E-state index in [9.17, 15) is 24.3 Å². The molecule has 1 aromatic carbocycles. The van der Waals surface area contributed by atoms with Crippen molar-refractivity contribution in [3.05, 3.63) is 67.5 Å². The van der Waals surface area contributed by atoms with E-state index in [2.05, 4.69) is 0 Å². The van der Waals surface area contributed by atoms with Crippen LogP contribution in [0.5, 0.6) is 11.5 Å². The largest absolute Gasteiger partial charge is 0.504 e. The molecule has 2 aliphatic carbocycles. The van der Waals surface area contributed by atoms with E-state index in [-0.39, 0.29) is 36.0 Å². The molecule has 9 heteroatoms. The average Bonchev–Trinajstić information content (AvgIpc) is 3.08.